The fourth-order valence-corrected chi connectivity index (χ4v) is 2.08. The summed E-state index contributed by atoms with van der Waals surface area (Å²) in [5.41, 5.74) is 5.05. The summed E-state index contributed by atoms with van der Waals surface area (Å²) in [6.45, 7) is 10.1. The minimum atomic E-state index is 0.969. The van der Waals surface area contributed by atoms with Crippen LogP contribution in [0.4, 0.5) is 0 Å². The van der Waals surface area contributed by atoms with Crippen molar-refractivity contribution in [2.24, 2.45) is 4.99 Å². The van der Waals surface area contributed by atoms with Crippen LogP contribution >= 0.6 is 0 Å². The quantitative estimate of drug-likeness (QED) is 0.606. The predicted molar refractivity (Wildman–Crippen MR) is 95.9 cm³/mol. The second-order valence-corrected chi connectivity index (χ2v) is 4.44. The predicted octanol–water partition coefficient (Wildman–Crippen LogP) is 4.69. The molecule has 0 unspecified atom stereocenters. The van der Waals surface area contributed by atoms with E-state index >= 15 is 0 Å². The Balaban J connectivity index is 0.00000116. The summed E-state index contributed by atoms with van der Waals surface area (Å²) < 4.78 is 0. The molecule has 2 heterocycles. The van der Waals surface area contributed by atoms with Gasteiger partial charge in [-0.1, -0.05) is 32.6 Å². The van der Waals surface area contributed by atoms with Gasteiger partial charge in [-0.05, 0) is 30.2 Å². The third-order valence-electron chi connectivity index (χ3n) is 2.88. The van der Waals surface area contributed by atoms with E-state index in [0.717, 1.165) is 27.8 Å². The first-order valence-corrected chi connectivity index (χ1v) is 7.37. The highest BCUT2D eigenvalue weighted by Crippen LogP contribution is 2.29. The highest BCUT2D eigenvalue weighted by Gasteiger charge is 2.11. The largest absolute Gasteiger partial charge is 0.296 e. The Bertz CT molecular complexity index is 641. The van der Waals surface area contributed by atoms with Crippen LogP contribution in [-0.2, 0) is 0 Å². The molecule has 114 valence electrons. The van der Waals surface area contributed by atoms with E-state index in [-0.39, 0.29) is 0 Å². The molecule has 2 aromatic rings. The van der Waals surface area contributed by atoms with Crippen molar-refractivity contribution in [3.63, 3.8) is 0 Å². The molecular weight excluding hydrogens is 270 g/mol. The van der Waals surface area contributed by atoms with Crippen LogP contribution in [0.25, 0.3) is 11.1 Å². The van der Waals surface area contributed by atoms with Gasteiger partial charge in [0.15, 0.2) is 0 Å². The van der Waals surface area contributed by atoms with E-state index in [4.69, 9.17) is 0 Å². The van der Waals surface area contributed by atoms with Crippen LogP contribution in [0.5, 0.6) is 0 Å². The lowest BCUT2D eigenvalue weighted by molar-refractivity contribution is 1.30. The van der Waals surface area contributed by atoms with Gasteiger partial charge in [0.05, 0.1) is 0 Å². The molecule has 0 atom stereocenters. The number of hydrogen-bond donors (Lipinski definition) is 0. The van der Waals surface area contributed by atoms with Crippen molar-refractivity contribution in [2.75, 3.05) is 7.05 Å². The molecule has 0 aliphatic heterocycles. The highest BCUT2D eigenvalue weighted by molar-refractivity contribution is 6.21. The summed E-state index contributed by atoms with van der Waals surface area (Å²) in [5.74, 6) is 0. The Morgan fingerprint density at radius 2 is 1.59 bits per heavy atom. The zero-order valence-corrected chi connectivity index (χ0v) is 13.7. The van der Waals surface area contributed by atoms with Gasteiger partial charge in [-0.15, -0.1) is 0 Å². The maximum atomic E-state index is 4.19. The summed E-state index contributed by atoms with van der Waals surface area (Å²) in [6, 6.07) is 7.88. The number of rotatable bonds is 4. The van der Waals surface area contributed by atoms with Gasteiger partial charge in [0.25, 0.3) is 0 Å². The SMILES string of the molecule is C=C(C)/C(=C(\C=NC)c1cccnc1)c1cccnc1.CC. The summed E-state index contributed by atoms with van der Waals surface area (Å²) in [7, 11) is 1.76. The third kappa shape index (κ3) is 4.48. The molecule has 2 rings (SSSR count). The highest BCUT2D eigenvalue weighted by atomic mass is 14.7. The average molecular weight is 293 g/mol. The molecule has 2 aromatic heterocycles. The molecule has 3 heteroatoms. The first kappa shape index (κ1) is 17.5. The molecule has 0 fully saturated rings. The summed E-state index contributed by atoms with van der Waals surface area (Å²) in [5, 5.41) is 0. The molecule has 0 radical (unpaired) electrons. The standard InChI is InChI=1S/C17H17N3.C2H6/c1-13(2)17(15-7-5-9-20-11-15)16(12-18-3)14-6-4-8-19-10-14;1-2/h4-12H,1H2,2-3H3;1-2H3/b17-16-,18-12?;. The molecule has 0 aliphatic carbocycles. The molecule has 0 amide bonds. The summed E-state index contributed by atoms with van der Waals surface area (Å²) in [6.07, 6.45) is 9.03. The summed E-state index contributed by atoms with van der Waals surface area (Å²) >= 11 is 0. The molecule has 0 aliphatic rings. The van der Waals surface area contributed by atoms with Crippen LogP contribution < -0.4 is 0 Å². The van der Waals surface area contributed by atoms with E-state index in [9.17, 15) is 0 Å². The first-order chi connectivity index (χ1) is 10.7. The molecule has 22 heavy (non-hydrogen) atoms. The van der Waals surface area contributed by atoms with Crippen LogP contribution in [0.1, 0.15) is 31.9 Å². The Morgan fingerprint density at radius 1 is 1.05 bits per heavy atom. The molecular formula is C19H23N3. The van der Waals surface area contributed by atoms with E-state index in [1.165, 1.54) is 0 Å². The number of aliphatic imine (C=N–C) groups is 1. The fourth-order valence-electron chi connectivity index (χ4n) is 2.08. The zero-order valence-electron chi connectivity index (χ0n) is 13.7. The van der Waals surface area contributed by atoms with Gasteiger partial charge in [0.1, 0.15) is 0 Å². The van der Waals surface area contributed by atoms with Crippen molar-refractivity contribution < 1.29 is 0 Å². The van der Waals surface area contributed by atoms with Gasteiger partial charge in [0.2, 0.25) is 0 Å². The normalized spacial score (nSPS) is 11.5. The number of aromatic nitrogens is 2. The van der Waals surface area contributed by atoms with Crippen LogP contribution in [0, 0.1) is 0 Å². The van der Waals surface area contributed by atoms with Crippen molar-refractivity contribution in [2.45, 2.75) is 20.8 Å². The number of pyridine rings is 2. The topological polar surface area (TPSA) is 38.1 Å². The van der Waals surface area contributed by atoms with Gasteiger partial charge >= 0.3 is 0 Å². The Kier molecular flexibility index (Phi) is 7.48. The van der Waals surface area contributed by atoms with E-state index in [2.05, 4.69) is 21.5 Å². The monoisotopic (exact) mass is 293 g/mol. The Labute approximate surface area is 133 Å². The van der Waals surface area contributed by atoms with Gasteiger partial charge in [-0.3, -0.25) is 15.0 Å². The Hall–Kier alpha value is -2.55. The fraction of sp³-hybridized carbons (Fsp3) is 0.211. The third-order valence-corrected chi connectivity index (χ3v) is 2.88. The lowest BCUT2D eigenvalue weighted by Gasteiger charge is -2.13. The number of allylic oxidation sites excluding steroid dienone is 3. The van der Waals surface area contributed by atoms with Gasteiger partial charge in [0, 0.05) is 54.7 Å². The lowest BCUT2D eigenvalue weighted by Crippen LogP contribution is -1.96. The number of nitrogens with zero attached hydrogens (tertiary/aromatic N) is 3. The van der Waals surface area contributed by atoms with E-state index < -0.39 is 0 Å². The van der Waals surface area contributed by atoms with E-state index in [1.807, 2.05) is 63.6 Å². The number of hydrogen-bond acceptors (Lipinski definition) is 3. The molecule has 0 spiro atoms. The van der Waals surface area contributed by atoms with Crippen molar-refractivity contribution in [1.82, 2.24) is 9.97 Å². The van der Waals surface area contributed by atoms with Crippen molar-refractivity contribution in [1.29, 1.82) is 0 Å². The van der Waals surface area contributed by atoms with Gasteiger partial charge < -0.3 is 0 Å². The van der Waals surface area contributed by atoms with E-state index in [1.54, 1.807) is 19.4 Å². The molecule has 0 saturated heterocycles. The Morgan fingerprint density at radius 3 is 2.00 bits per heavy atom. The average Bonchev–Trinajstić information content (AvgIpc) is 2.58. The smallest absolute Gasteiger partial charge is 0.0347 e. The van der Waals surface area contributed by atoms with Crippen LogP contribution in [-0.4, -0.2) is 23.2 Å². The second-order valence-electron chi connectivity index (χ2n) is 4.44. The van der Waals surface area contributed by atoms with Gasteiger partial charge in [-0.25, -0.2) is 0 Å². The molecule has 0 aromatic carbocycles. The van der Waals surface area contributed by atoms with E-state index in [0.29, 0.717) is 0 Å². The lowest BCUT2D eigenvalue weighted by atomic mass is 9.93. The van der Waals surface area contributed by atoms with Crippen LogP contribution in [0.3, 0.4) is 0 Å². The minimum absolute atomic E-state index is 0.969. The van der Waals surface area contributed by atoms with Gasteiger partial charge in [-0.2, -0.15) is 0 Å². The maximum absolute atomic E-state index is 4.19. The first-order valence-electron chi connectivity index (χ1n) is 7.37. The molecule has 0 bridgehead atoms. The van der Waals surface area contributed by atoms with Crippen LogP contribution in [0.2, 0.25) is 0 Å². The summed E-state index contributed by atoms with van der Waals surface area (Å²) in [4.78, 5) is 12.5. The zero-order chi connectivity index (χ0) is 16.4. The second kappa shape index (κ2) is 9.40. The van der Waals surface area contributed by atoms with Crippen molar-refractivity contribution in [3.8, 4) is 0 Å². The van der Waals surface area contributed by atoms with Crippen LogP contribution in [0.15, 0.2) is 66.2 Å². The van der Waals surface area contributed by atoms with Crippen molar-refractivity contribution in [3.05, 3.63) is 72.3 Å². The molecule has 0 N–H and O–H groups in total. The van der Waals surface area contributed by atoms with Crippen molar-refractivity contribution >= 4 is 17.4 Å². The minimum Gasteiger partial charge on any atom is -0.296 e. The maximum Gasteiger partial charge on any atom is 0.0347 e. The molecule has 3 nitrogen and oxygen atoms in total. The molecule has 0 saturated carbocycles.